The van der Waals surface area contributed by atoms with Gasteiger partial charge in [0.1, 0.15) is 11.4 Å². The summed E-state index contributed by atoms with van der Waals surface area (Å²) in [5.41, 5.74) is 0.137. The van der Waals surface area contributed by atoms with E-state index < -0.39 is 5.60 Å². The lowest BCUT2D eigenvalue weighted by molar-refractivity contribution is -0.00160. The normalized spacial score (nSPS) is 20.2. The number of benzene rings is 1. The number of ether oxygens (including phenoxy) is 1. The Morgan fingerprint density at radius 2 is 2.05 bits per heavy atom. The molecule has 3 rings (SSSR count). The van der Waals surface area contributed by atoms with Gasteiger partial charge in [0, 0.05) is 29.9 Å². The maximum atomic E-state index is 12.1. The Balaban J connectivity index is 1.75. The molecular weight excluding hydrogens is 268 g/mol. The van der Waals surface area contributed by atoms with Crippen LogP contribution in [0.2, 0.25) is 0 Å². The molecule has 2 N–H and O–H groups in total. The summed E-state index contributed by atoms with van der Waals surface area (Å²) in [7, 11) is 0. The van der Waals surface area contributed by atoms with Crippen molar-refractivity contribution in [3.63, 3.8) is 0 Å². The van der Waals surface area contributed by atoms with Gasteiger partial charge in [-0.2, -0.15) is 0 Å². The van der Waals surface area contributed by atoms with Crippen molar-refractivity contribution in [3.8, 4) is 5.75 Å². The van der Waals surface area contributed by atoms with Crippen LogP contribution in [0.25, 0.3) is 0 Å². The van der Waals surface area contributed by atoms with E-state index in [2.05, 4.69) is 10.3 Å². The Morgan fingerprint density at radius 3 is 2.86 bits per heavy atom. The summed E-state index contributed by atoms with van der Waals surface area (Å²) in [5, 5.41) is 13.6. The molecule has 108 valence electrons. The van der Waals surface area contributed by atoms with Crippen LogP contribution in [0, 0.1) is 0 Å². The minimum Gasteiger partial charge on any atom is -0.493 e. The van der Waals surface area contributed by atoms with Crippen LogP contribution in [0.1, 0.15) is 22.3 Å². The molecule has 2 heterocycles. The molecule has 1 aromatic carbocycles. The third kappa shape index (κ3) is 2.73. The van der Waals surface area contributed by atoms with Gasteiger partial charge in [0.2, 0.25) is 0 Å². The van der Waals surface area contributed by atoms with E-state index in [0.717, 1.165) is 0 Å². The molecule has 0 saturated heterocycles. The minimum atomic E-state index is -1.10. The molecule has 1 aromatic heterocycles. The van der Waals surface area contributed by atoms with Gasteiger partial charge in [0.25, 0.3) is 5.91 Å². The first-order chi connectivity index (χ1) is 10.2. The standard InChI is InChI=1S/C16H16N2O3/c19-15(12-5-8-17-9-6-12)18-11-16(20)7-10-21-14-4-2-1-3-13(14)16/h1-6,8-9,20H,7,10-11H2,(H,18,19). The summed E-state index contributed by atoms with van der Waals surface area (Å²) >= 11 is 0. The van der Waals surface area contributed by atoms with E-state index >= 15 is 0 Å². The van der Waals surface area contributed by atoms with Gasteiger partial charge < -0.3 is 15.2 Å². The van der Waals surface area contributed by atoms with Crippen LogP contribution >= 0.6 is 0 Å². The van der Waals surface area contributed by atoms with E-state index in [4.69, 9.17) is 4.74 Å². The Labute approximate surface area is 122 Å². The van der Waals surface area contributed by atoms with Crippen LogP contribution in [0.15, 0.2) is 48.8 Å². The second-order valence-corrected chi connectivity index (χ2v) is 5.04. The molecule has 0 radical (unpaired) electrons. The number of para-hydroxylation sites is 1. The van der Waals surface area contributed by atoms with Crippen molar-refractivity contribution in [2.75, 3.05) is 13.2 Å². The smallest absolute Gasteiger partial charge is 0.251 e. The van der Waals surface area contributed by atoms with Crippen molar-refractivity contribution in [3.05, 3.63) is 59.9 Å². The highest BCUT2D eigenvalue weighted by atomic mass is 16.5. The number of pyridine rings is 1. The van der Waals surface area contributed by atoms with Gasteiger partial charge in [-0.05, 0) is 18.2 Å². The SMILES string of the molecule is O=C(NCC1(O)CCOc2ccccc21)c1ccncc1. The summed E-state index contributed by atoms with van der Waals surface area (Å²) < 4.78 is 5.53. The molecule has 0 saturated carbocycles. The first-order valence-corrected chi connectivity index (χ1v) is 6.82. The fraction of sp³-hybridized carbons (Fsp3) is 0.250. The average molecular weight is 284 g/mol. The van der Waals surface area contributed by atoms with Crippen molar-refractivity contribution in [2.45, 2.75) is 12.0 Å². The lowest BCUT2D eigenvalue weighted by Gasteiger charge is -2.34. The fourth-order valence-electron chi connectivity index (χ4n) is 2.46. The Hall–Kier alpha value is -2.40. The van der Waals surface area contributed by atoms with Crippen molar-refractivity contribution >= 4 is 5.91 Å². The van der Waals surface area contributed by atoms with Crippen molar-refractivity contribution < 1.29 is 14.6 Å². The number of aromatic nitrogens is 1. The Morgan fingerprint density at radius 1 is 1.29 bits per heavy atom. The largest absolute Gasteiger partial charge is 0.493 e. The number of amides is 1. The third-order valence-corrected chi connectivity index (χ3v) is 3.65. The highest BCUT2D eigenvalue weighted by Gasteiger charge is 2.35. The Bertz CT molecular complexity index is 645. The van der Waals surface area contributed by atoms with E-state index in [1.807, 2.05) is 24.3 Å². The van der Waals surface area contributed by atoms with E-state index in [1.54, 1.807) is 24.5 Å². The number of nitrogens with zero attached hydrogens (tertiary/aromatic N) is 1. The maximum Gasteiger partial charge on any atom is 0.251 e. The zero-order chi connectivity index (χ0) is 14.7. The third-order valence-electron chi connectivity index (χ3n) is 3.65. The van der Waals surface area contributed by atoms with Crippen LogP contribution in [0.3, 0.4) is 0 Å². The molecule has 1 aliphatic heterocycles. The molecule has 5 heteroatoms. The molecule has 2 aromatic rings. The molecule has 21 heavy (non-hydrogen) atoms. The number of carbonyl (C=O) groups is 1. The van der Waals surface area contributed by atoms with Crippen LogP contribution in [0.4, 0.5) is 0 Å². The summed E-state index contributed by atoms with van der Waals surface area (Å²) in [4.78, 5) is 15.9. The molecule has 1 amide bonds. The van der Waals surface area contributed by atoms with Crippen LogP contribution < -0.4 is 10.1 Å². The average Bonchev–Trinajstić information content (AvgIpc) is 2.54. The number of hydrogen-bond donors (Lipinski definition) is 2. The zero-order valence-corrected chi connectivity index (χ0v) is 11.5. The van der Waals surface area contributed by atoms with Gasteiger partial charge in [-0.25, -0.2) is 0 Å². The minimum absolute atomic E-state index is 0.147. The molecule has 1 unspecified atom stereocenters. The number of nitrogens with one attached hydrogen (secondary N) is 1. The quantitative estimate of drug-likeness (QED) is 0.895. The van der Waals surface area contributed by atoms with Gasteiger partial charge in [-0.3, -0.25) is 9.78 Å². The highest BCUT2D eigenvalue weighted by molar-refractivity contribution is 5.94. The number of fused-ring (bicyclic) bond motifs is 1. The molecule has 0 bridgehead atoms. The summed E-state index contributed by atoms with van der Waals surface area (Å²) in [6.07, 6.45) is 3.57. The monoisotopic (exact) mass is 284 g/mol. The second-order valence-electron chi connectivity index (χ2n) is 5.04. The lowest BCUT2D eigenvalue weighted by atomic mass is 9.88. The second kappa shape index (κ2) is 5.54. The number of hydrogen-bond acceptors (Lipinski definition) is 4. The van der Waals surface area contributed by atoms with Crippen molar-refractivity contribution in [2.24, 2.45) is 0 Å². The molecule has 5 nitrogen and oxygen atoms in total. The Kier molecular flexibility index (Phi) is 3.58. The van der Waals surface area contributed by atoms with E-state index in [0.29, 0.717) is 29.9 Å². The molecule has 0 spiro atoms. The van der Waals surface area contributed by atoms with Gasteiger partial charge >= 0.3 is 0 Å². The number of aliphatic hydroxyl groups is 1. The summed E-state index contributed by atoms with van der Waals surface area (Å²) in [5.74, 6) is 0.444. The number of rotatable bonds is 3. The van der Waals surface area contributed by atoms with Crippen LogP contribution in [0.5, 0.6) is 5.75 Å². The first-order valence-electron chi connectivity index (χ1n) is 6.82. The molecule has 1 atom stereocenters. The molecular formula is C16H16N2O3. The van der Waals surface area contributed by atoms with Crippen LogP contribution in [-0.2, 0) is 5.60 Å². The van der Waals surface area contributed by atoms with Gasteiger partial charge in [0.05, 0.1) is 13.2 Å². The first kappa shape index (κ1) is 13.6. The summed E-state index contributed by atoms with van der Waals surface area (Å²) in [6.45, 7) is 0.577. The van der Waals surface area contributed by atoms with Crippen LogP contribution in [-0.4, -0.2) is 29.1 Å². The van der Waals surface area contributed by atoms with E-state index in [-0.39, 0.29) is 12.5 Å². The van der Waals surface area contributed by atoms with Gasteiger partial charge in [-0.15, -0.1) is 0 Å². The maximum absolute atomic E-state index is 12.1. The number of carbonyl (C=O) groups excluding carboxylic acids is 1. The molecule has 1 aliphatic rings. The fourth-order valence-corrected chi connectivity index (χ4v) is 2.46. The van der Waals surface area contributed by atoms with Crippen molar-refractivity contribution in [1.82, 2.24) is 10.3 Å². The van der Waals surface area contributed by atoms with Gasteiger partial charge in [-0.1, -0.05) is 18.2 Å². The lowest BCUT2D eigenvalue weighted by Crippen LogP contribution is -2.43. The predicted octanol–water partition coefficient (Wildman–Crippen LogP) is 1.48. The van der Waals surface area contributed by atoms with E-state index in [9.17, 15) is 9.90 Å². The predicted molar refractivity (Wildman–Crippen MR) is 77.0 cm³/mol. The van der Waals surface area contributed by atoms with Crippen molar-refractivity contribution in [1.29, 1.82) is 0 Å². The highest BCUT2D eigenvalue weighted by Crippen LogP contribution is 2.36. The van der Waals surface area contributed by atoms with Gasteiger partial charge in [0.15, 0.2) is 0 Å². The zero-order valence-electron chi connectivity index (χ0n) is 11.5. The molecule has 0 fully saturated rings. The topological polar surface area (TPSA) is 71.5 Å². The molecule has 0 aliphatic carbocycles. The van der Waals surface area contributed by atoms with E-state index in [1.165, 1.54) is 0 Å². The summed E-state index contributed by atoms with van der Waals surface area (Å²) in [6, 6.07) is 10.6.